The lowest BCUT2D eigenvalue weighted by molar-refractivity contribution is -0.132. The van der Waals surface area contributed by atoms with Crippen LogP contribution in [0.25, 0.3) is 0 Å². The molecule has 110 valence electrons. The van der Waals surface area contributed by atoms with Crippen LogP contribution in [0.5, 0.6) is 5.75 Å². The van der Waals surface area contributed by atoms with E-state index in [4.69, 9.17) is 5.21 Å². The zero-order valence-corrected chi connectivity index (χ0v) is 11.5. The van der Waals surface area contributed by atoms with Crippen LogP contribution in [0.4, 0.5) is 0 Å². The first-order valence-corrected chi connectivity index (χ1v) is 7.61. The molecule has 0 spiro atoms. The highest BCUT2D eigenvalue weighted by Gasteiger charge is 2.51. The highest BCUT2D eigenvalue weighted by Crippen LogP contribution is 2.34. The number of sulfone groups is 1. The standard InChI is InChI=1S/C12H16N2O5S/c15-9-1-3-10(4-2-9)20(18,19)12(11(16)14-17)5-7-13-8-6-12/h1-4,13,15,17H,5-8H2,(H,14,16). The molecule has 20 heavy (non-hydrogen) atoms. The minimum atomic E-state index is -3.97. The average Bonchev–Trinajstić information content (AvgIpc) is 2.47. The van der Waals surface area contributed by atoms with Gasteiger partial charge in [-0.2, -0.15) is 0 Å². The van der Waals surface area contributed by atoms with Crippen LogP contribution in [-0.2, 0) is 14.6 Å². The van der Waals surface area contributed by atoms with Crippen molar-refractivity contribution < 1.29 is 23.5 Å². The topological polar surface area (TPSA) is 116 Å². The van der Waals surface area contributed by atoms with Crippen LogP contribution in [0.3, 0.4) is 0 Å². The molecule has 1 amide bonds. The van der Waals surface area contributed by atoms with Gasteiger partial charge in [-0.15, -0.1) is 0 Å². The smallest absolute Gasteiger partial charge is 0.265 e. The molecule has 0 atom stereocenters. The summed E-state index contributed by atoms with van der Waals surface area (Å²) in [6.07, 6.45) is 0.144. The Morgan fingerprint density at radius 1 is 1.20 bits per heavy atom. The molecule has 7 nitrogen and oxygen atoms in total. The molecule has 2 rings (SSSR count). The molecule has 0 aromatic heterocycles. The number of amides is 1. The fourth-order valence-electron chi connectivity index (χ4n) is 2.40. The van der Waals surface area contributed by atoms with E-state index in [1.165, 1.54) is 29.7 Å². The van der Waals surface area contributed by atoms with Gasteiger partial charge in [0.05, 0.1) is 4.90 Å². The molecule has 4 N–H and O–H groups in total. The summed E-state index contributed by atoms with van der Waals surface area (Å²) in [7, 11) is -3.97. The second-order valence-electron chi connectivity index (χ2n) is 4.68. The van der Waals surface area contributed by atoms with Crippen LogP contribution in [0.15, 0.2) is 29.2 Å². The summed E-state index contributed by atoms with van der Waals surface area (Å²) in [6, 6.07) is 5.00. The third-order valence-corrected chi connectivity index (χ3v) is 6.10. The molecule has 1 fully saturated rings. The van der Waals surface area contributed by atoms with E-state index >= 15 is 0 Å². The fourth-order valence-corrected chi connectivity index (χ4v) is 4.38. The Hall–Kier alpha value is -1.64. The molecule has 1 aliphatic heterocycles. The van der Waals surface area contributed by atoms with Gasteiger partial charge in [0.2, 0.25) is 0 Å². The van der Waals surface area contributed by atoms with Crippen molar-refractivity contribution in [2.45, 2.75) is 22.5 Å². The van der Waals surface area contributed by atoms with Gasteiger partial charge in [-0.05, 0) is 50.2 Å². The summed E-state index contributed by atoms with van der Waals surface area (Å²) in [5, 5.41) is 21.1. The Bertz CT molecular complexity index is 591. The summed E-state index contributed by atoms with van der Waals surface area (Å²) in [5.41, 5.74) is 1.47. The molecule has 0 bridgehead atoms. The number of hydrogen-bond donors (Lipinski definition) is 4. The number of carbonyl (C=O) groups is 1. The third kappa shape index (κ3) is 2.26. The van der Waals surface area contributed by atoms with E-state index in [2.05, 4.69) is 5.32 Å². The highest BCUT2D eigenvalue weighted by atomic mass is 32.2. The predicted octanol–water partition coefficient (Wildman–Crippen LogP) is -0.207. The van der Waals surface area contributed by atoms with Crippen LogP contribution in [0.2, 0.25) is 0 Å². The number of carbonyl (C=O) groups excluding carboxylic acids is 1. The van der Waals surface area contributed by atoms with Crippen LogP contribution < -0.4 is 10.8 Å². The number of piperidine rings is 1. The average molecular weight is 300 g/mol. The van der Waals surface area contributed by atoms with Gasteiger partial charge in [0.1, 0.15) is 5.75 Å². The minimum Gasteiger partial charge on any atom is -0.508 e. The molecule has 1 aromatic rings. The van der Waals surface area contributed by atoms with E-state index in [1.54, 1.807) is 0 Å². The van der Waals surface area contributed by atoms with Crippen LogP contribution >= 0.6 is 0 Å². The molecule has 0 aliphatic carbocycles. The largest absolute Gasteiger partial charge is 0.508 e. The first kappa shape index (κ1) is 14.8. The van der Waals surface area contributed by atoms with Crippen molar-refractivity contribution in [3.8, 4) is 5.75 Å². The van der Waals surface area contributed by atoms with Gasteiger partial charge in [0.15, 0.2) is 14.6 Å². The minimum absolute atomic E-state index is 0.0548. The molecular formula is C12H16N2O5S. The monoisotopic (exact) mass is 300 g/mol. The second-order valence-corrected chi connectivity index (χ2v) is 6.94. The summed E-state index contributed by atoms with van der Waals surface area (Å²) in [4.78, 5) is 11.9. The molecule has 0 unspecified atom stereocenters. The fraction of sp³-hybridized carbons (Fsp3) is 0.417. The quantitative estimate of drug-likeness (QED) is 0.453. The number of hydrogen-bond acceptors (Lipinski definition) is 6. The first-order chi connectivity index (χ1) is 9.44. The van der Waals surface area contributed by atoms with Gasteiger partial charge >= 0.3 is 0 Å². The Morgan fingerprint density at radius 3 is 2.25 bits per heavy atom. The zero-order chi connectivity index (χ0) is 14.8. The van der Waals surface area contributed by atoms with Crippen molar-refractivity contribution in [1.82, 2.24) is 10.8 Å². The number of hydroxylamine groups is 1. The van der Waals surface area contributed by atoms with Crippen molar-refractivity contribution >= 4 is 15.7 Å². The van der Waals surface area contributed by atoms with E-state index in [1.807, 2.05) is 0 Å². The lowest BCUT2D eigenvalue weighted by atomic mass is 9.96. The molecule has 1 heterocycles. The Kier molecular flexibility index (Phi) is 3.98. The second kappa shape index (κ2) is 5.39. The van der Waals surface area contributed by atoms with Gasteiger partial charge in [-0.1, -0.05) is 0 Å². The SMILES string of the molecule is O=C(NO)C1(S(=O)(=O)c2ccc(O)cc2)CCNCC1. The van der Waals surface area contributed by atoms with Crippen molar-refractivity contribution in [3.63, 3.8) is 0 Å². The summed E-state index contributed by atoms with van der Waals surface area (Å²) in [6.45, 7) is 0.732. The van der Waals surface area contributed by atoms with Gasteiger partial charge in [-0.25, -0.2) is 13.9 Å². The van der Waals surface area contributed by atoms with Crippen LogP contribution in [0.1, 0.15) is 12.8 Å². The van der Waals surface area contributed by atoms with Gasteiger partial charge in [0, 0.05) is 0 Å². The maximum absolute atomic E-state index is 12.7. The third-order valence-electron chi connectivity index (χ3n) is 3.59. The predicted molar refractivity (Wildman–Crippen MR) is 70.1 cm³/mol. The van der Waals surface area contributed by atoms with Crippen molar-refractivity contribution in [1.29, 1.82) is 0 Å². The number of phenols is 1. The van der Waals surface area contributed by atoms with E-state index in [0.717, 1.165) is 0 Å². The number of benzene rings is 1. The van der Waals surface area contributed by atoms with Crippen LogP contribution in [-0.4, -0.2) is 42.5 Å². The highest BCUT2D eigenvalue weighted by molar-refractivity contribution is 7.93. The first-order valence-electron chi connectivity index (χ1n) is 6.13. The maximum atomic E-state index is 12.7. The Balaban J connectivity index is 2.52. The number of rotatable bonds is 3. The lowest BCUT2D eigenvalue weighted by Gasteiger charge is -2.34. The number of aromatic hydroxyl groups is 1. The van der Waals surface area contributed by atoms with E-state index < -0.39 is 20.5 Å². The molecule has 1 aromatic carbocycles. The maximum Gasteiger partial charge on any atom is 0.265 e. The normalized spacial score (nSPS) is 18.4. The molecular weight excluding hydrogens is 284 g/mol. The summed E-state index contributed by atoms with van der Waals surface area (Å²) in [5.74, 6) is -0.984. The Labute approximate surface area is 116 Å². The van der Waals surface area contributed by atoms with Gasteiger partial charge in [0.25, 0.3) is 5.91 Å². The van der Waals surface area contributed by atoms with Crippen molar-refractivity contribution in [2.24, 2.45) is 0 Å². The molecule has 0 radical (unpaired) electrons. The van der Waals surface area contributed by atoms with E-state index in [9.17, 15) is 18.3 Å². The van der Waals surface area contributed by atoms with Crippen molar-refractivity contribution in [3.05, 3.63) is 24.3 Å². The number of nitrogens with one attached hydrogen (secondary N) is 2. The van der Waals surface area contributed by atoms with Crippen molar-refractivity contribution in [2.75, 3.05) is 13.1 Å². The molecule has 8 heteroatoms. The van der Waals surface area contributed by atoms with Crippen LogP contribution in [0, 0.1) is 0 Å². The molecule has 1 saturated heterocycles. The molecule has 1 aliphatic rings. The van der Waals surface area contributed by atoms with E-state index in [0.29, 0.717) is 13.1 Å². The molecule has 0 saturated carbocycles. The van der Waals surface area contributed by atoms with E-state index in [-0.39, 0.29) is 23.5 Å². The van der Waals surface area contributed by atoms with Gasteiger partial charge in [-0.3, -0.25) is 10.0 Å². The summed E-state index contributed by atoms with van der Waals surface area (Å²) >= 11 is 0. The number of phenolic OH excluding ortho intramolecular Hbond substituents is 1. The zero-order valence-electron chi connectivity index (χ0n) is 10.7. The summed E-state index contributed by atoms with van der Waals surface area (Å²) < 4.78 is 23.8. The lowest BCUT2D eigenvalue weighted by Crippen LogP contribution is -2.57. The van der Waals surface area contributed by atoms with Gasteiger partial charge < -0.3 is 10.4 Å². The Morgan fingerprint density at radius 2 is 1.75 bits per heavy atom.